The predicted octanol–water partition coefficient (Wildman–Crippen LogP) is 6.48. The quantitative estimate of drug-likeness (QED) is 0.524. The maximum Gasteiger partial charge on any atom is 0.434 e. The van der Waals surface area contributed by atoms with Crippen LogP contribution in [0.5, 0.6) is 0 Å². The molecule has 1 atom stereocenters. The van der Waals surface area contributed by atoms with Gasteiger partial charge in [-0.3, -0.25) is 0 Å². The van der Waals surface area contributed by atoms with Crippen LogP contribution in [0, 0.1) is 11.3 Å². The number of pyridine rings is 1. The van der Waals surface area contributed by atoms with Crippen molar-refractivity contribution in [3.63, 3.8) is 0 Å². The molecule has 0 aliphatic carbocycles. The van der Waals surface area contributed by atoms with E-state index in [0.29, 0.717) is 15.6 Å². The van der Waals surface area contributed by atoms with E-state index in [0.717, 1.165) is 11.6 Å². The minimum atomic E-state index is -4.75. The van der Waals surface area contributed by atoms with Crippen LogP contribution in [-0.2, 0) is 6.18 Å². The summed E-state index contributed by atoms with van der Waals surface area (Å²) in [5, 5.41) is 12.9. The molecule has 0 aliphatic heterocycles. The fourth-order valence-corrected chi connectivity index (χ4v) is 3.07. The van der Waals surface area contributed by atoms with Crippen molar-refractivity contribution in [3.8, 4) is 6.07 Å². The monoisotopic (exact) mass is 421 g/mol. The van der Waals surface area contributed by atoms with Gasteiger partial charge in [0, 0.05) is 10.0 Å². The molecule has 1 N–H and O–H groups in total. The third-order valence-electron chi connectivity index (χ3n) is 4.00. The molecule has 28 heavy (non-hydrogen) atoms. The van der Waals surface area contributed by atoms with Crippen molar-refractivity contribution < 1.29 is 13.2 Å². The Hall–Kier alpha value is -2.75. The first kappa shape index (κ1) is 20.0. The van der Waals surface area contributed by atoms with Gasteiger partial charge >= 0.3 is 6.18 Å². The lowest BCUT2D eigenvalue weighted by molar-refractivity contribution is -0.141. The average molecular weight is 422 g/mol. The topological polar surface area (TPSA) is 48.7 Å². The van der Waals surface area contributed by atoms with E-state index in [1.54, 1.807) is 48.5 Å². The zero-order valence-corrected chi connectivity index (χ0v) is 15.6. The second kappa shape index (κ2) is 8.09. The molecule has 142 valence electrons. The summed E-state index contributed by atoms with van der Waals surface area (Å²) in [6.45, 7) is 0. The molecule has 1 heterocycles. The molecule has 0 amide bonds. The van der Waals surface area contributed by atoms with Crippen LogP contribution >= 0.6 is 23.2 Å². The molecule has 0 fully saturated rings. The molecule has 1 aromatic heterocycles. The first-order valence-electron chi connectivity index (χ1n) is 8.04. The maximum absolute atomic E-state index is 13.2. The number of aromatic nitrogens is 1. The second-order valence-corrected chi connectivity index (χ2v) is 6.70. The molecule has 0 aliphatic rings. The summed E-state index contributed by atoms with van der Waals surface area (Å²) in [4.78, 5) is 3.63. The van der Waals surface area contributed by atoms with Crippen LogP contribution in [0.25, 0.3) is 0 Å². The van der Waals surface area contributed by atoms with Gasteiger partial charge in [-0.25, -0.2) is 4.98 Å². The Labute approximate surface area is 169 Å². The fourth-order valence-electron chi connectivity index (χ4n) is 2.70. The lowest BCUT2D eigenvalue weighted by Gasteiger charge is -2.22. The second-order valence-electron chi connectivity index (χ2n) is 5.85. The van der Waals surface area contributed by atoms with Gasteiger partial charge in [-0.15, -0.1) is 0 Å². The van der Waals surface area contributed by atoms with E-state index < -0.39 is 23.5 Å². The molecule has 2 aromatic carbocycles. The van der Waals surface area contributed by atoms with Crippen LogP contribution in [-0.4, -0.2) is 4.98 Å². The van der Waals surface area contributed by atoms with Crippen LogP contribution in [0.3, 0.4) is 0 Å². The van der Waals surface area contributed by atoms with Crippen molar-refractivity contribution in [2.24, 2.45) is 0 Å². The number of hydrogen-bond donors (Lipinski definition) is 1. The molecule has 0 bridgehead atoms. The Kier molecular flexibility index (Phi) is 5.78. The average Bonchev–Trinajstić information content (AvgIpc) is 2.67. The van der Waals surface area contributed by atoms with Crippen molar-refractivity contribution in [2.45, 2.75) is 12.2 Å². The first-order valence-corrected chi connectivity index (χ1v) is 8.80. The summed E-state index contributed by atoms with van der Waals surface area (Å²) in [5.41, 5.74) is -0.392. The lowest BCUT2D eigenvalue weighted by atomic mass is 9.98. The standard InChI is InChI=1S/C20H12Cl2F3N3/c21-14-8-5-12(6-9-14)18(15-3-1-2-4-16(15)22)27-17-10-7-13(11-26)19(28-17)20(23,24)25/h1-10,18H,(H,27,28). The molecular formula is C20H12Cl2F3N3. The van der Waals surface area contributed by atoms with Gasteiger partial charge in [0.05, 0.1) is 11.6 Å². The molecule has 8 heteroatoms. The van der Waals surface area contributed by atoms with E-state index in [4.69, 9.17) is 28.5 Å². The molecule has 0 saturated carbocycles. The maximum atomic E-state index is 13.2. The number of benzene rings is 2. The summed E-state index contributed by atoms with van der Waals surface area (Å²) in [6.07, 6.45) is -4.75. The van der Waals surface area contributed by atoms with Crippen LogP contribution in [0.1, 0.15) is 28.4 Å². The molecule has 3 nitrogen and oxygen atoms in total. The van der Waals surface area contributed by atoms with Gasteiger partial charge < -0.3 is 5.32 Å². The van der Waals surface area contributed by atoms with E-state index in [9.17, 15) is 13.2 Å². The molecule has 1 unspecified atom stereocenters. The van der Waals surface area contributed by atoms with E-state index in [-0.39, 0.29) is 5.82 Å². The van der Waals surface area contributed by atoms with Crippen molar-refractivity contribution in [2.75, 3.05) is 5.32 Å². The number of nitriles is 1. The Balaban J connectivity index is 2.07. The summed E-state index contributed by atoms with van der Waals surface area (Å²) in [5.74, 6) is -0.0359. The fraction of sp³-hybridized carbons (Fsp3) is 0.100. The smallest absolute Gasteiger partial charge is 0.359 e. The number of nitrogens with one attached hydrogen (secondary N) is 1. The third kappa shape index (κ3) is 4.38. The molecule has 3 rings (SSSR count). The molecule has 0 spiro atoms. The predicted molar refractivity (Wildman–Crippen MR) is 102 cm³/mol. The highest BCUT2D eigenvalue weighted by molar-refractivity contribution is 6.31. The zero-order chi connectivity index (χ0) is 20.3. The largest absolute Gasteiger partial charge is 0.434 e. The Morgan fingerprint density at radius 3 is 2.25 bits per heavy atom. The number of anilines is 1. The van der Waals surface area contributed by atoms with Crippen LogP contribution in [0.2, 0.25) is 10.0 Å². The number of nitrogens with zero attached hydrogens (tertiary/aromatic N) is 2. The van der Waals surface area contributed by atoms with Gasteiger partial charge in [-0.1, -0.05) is 53.5 Å². The third-order valence-corrected chi connectivity index (χ3v) is 4.59. The number of alkyl halides is 3. The highest BCUT2D eigenvalue weighted by atomic mass is 35.5. The van der Waals surface area contributed by atoms with Crippen LogP contribution < -0.4 is 5.32 Å². The van der Waals surface area contributed by atoms with Gasteiger partial charge in [0.2, 0.25) is 0 Å². The first-order chi connectivity index (χ1) is 13.3. The van der Waals surface area contributed by atoms with Gasteiger partial charge in [-0.2, -0.15) is 18.4 Å². The van der Waals surface area contributed by atoms with Gasteiger partial charge in [0.15, 0.2) is 5.69 Å². The summed E-state index contributed by atoms with van der Waals surface area (Å²) in [6, 6.07) is 17.2. The molecule has 3 aromatic rings. The highest BCUT2D eigenvalue weighted by Gasteiger charge is 2.36. The SMILES string of the molecule is N#Cc1ccc(NC(c2ccc(Cl)cc2)c2ccccc2Cl)nc1C(F)(F)F. The summed E-state index contributed by atoms with van der Waals surface area (Å²) >= 11 is 12.3. The normalized spacial score (nSPS) is 12.3. The van der Waals surface area contributed by atoms with Gasteiger partial charge in [0.1, 0.15) is 11.9 Å². The van der Waals surface area contributed by atoms with Crippen molar-refractivity contribution in [1.29, 1.82) is 5.26 Å². The van der Waals surface area contributed by atoms with E-state index >= 15 is 0 Å². The van der Waals surface area contributed by atoms with Crippen LogP contribution in [0.15, 0.2) is 60.7 Å². The minimum absolute atomic E-state index is 0.0359. The molecular weight excluding hydrogens is 410 g/mol. The zero-order valence-electron chi connectivity index (χ0n) is 14.1. The van der Waals surface area contributed by atoms with Crippen molar-refractivity contribution in [3.05, 3.63) is 93.1 Å². The van der Waals surface area contributed by atoms with E-state index in [2.05, 4.69) is 10.3 Å². The number of halogens is 5. The van der Waals surface area contributed by atoms with E-state index in [1.165, 1.54) is 12.1 Å². The van der Waals surface area contributed by atoms with Crippen molar-refractivity contribution >= 4 is 29.0 Å². The van der Waals surface area contributed by atoms with Crippen molar-refractivity contribution in [1.82, 2.24) is 4.98 Å². The number of rotatable bonds is 4. The Morgan fingerprint density at radius 1 is 0.964 bits per heavy atom. The van der Waals surface area contributed by atoms with Crippen LogP contribution in [0.4, 0.5) is 19.0 Å². The van der Waals surface area contributed by atoms with E-state index in [1.807, 2.05) is 0 Å². The molecule has 0 saturated heterocycles. The Morgan fingerprint density at radius 2 is 1.64 bits per heavy atom. The highest BCUT2D eigenvalue weighted by Crippen LogP contribution is 2.34. The summed E-state index contributed by atoms with van der Waals surface area (Å²) in [7, 11) is 0. The molecule has 0 radical (unpaired) electrons. The minimum Gasteiger partial charge on any atom is -0.359 e. The van der Waals surface area contributed by atoms with Gasteiger partial charge in [-0.05, 0) is 41.5 Å². The lowest BCUT2D eigenvalue weighted by Crippen LogP contribution is -2.17. The van der Waals surface area contributed by atoms with Gasteiger partial charge in [0.25, 0.3) is 0 Å². The summed E-state index contributed by atoms with van der Waals surface area (Å²) < 4.78 is 39.7. The Bertz CT molecular complexity index is 1030. The number of hydrogen-bond acceptors (Lipinski definition) is 3.